The summed E-state index contributed by atoms with van der Waals surface area (Å²) in [5, 5.41) is 4.38. The molecule has 2 aromatic heterocycles. The van der Waals surface area contributed by atoms with Gasteiger partial charge >= 0.3 is 0 Å². The number of hydrogen-bond donors (Lipinski definition) is 1. The average molecular weight is 300 g/mol. The molecule has 1 aromatic carbocycles. The van der Waals surface area contributed by atoms with Gasteiger partial charge in [0.1, 0.15) is 11.7 Å². The molecule has 3 rings (SSSR count). The van der Waals surface area contributed by atoms with Gasteiger partial charge in [-0.3, -0.25) is 4.79 Å². The van der Waals surface area contributed by atoms with Gasteiger partial charge in [-0.15, -0.1) is 0 Å². The molecule has 106 valence electrons. The molecule has 1 N–H and O–H groups in total. The van der Waals surface area contributed by atoms with Crippen LogP contribution in [0.4, 0.5) is 5.69 Å². The van der Waals surface area contributed by atoms with E-state index >= 15 is 0 Å². The second-order valence-corrected chi connectivity index (χ2v) is 5.26. The third-order valence-corrected chi connectivity index (χ3v) is 3.54. The van der Waals surface area contributed by atoms with Gasteiger partial charge in [0.15, 0.2) is 0 Å². The molecule has 0 fully saturated rings. The number of aromatic nitrogens is 2. The van der Waals surface area contributed by atoms with E-state index in [9.17, 15) is 4.79 Å². The quantitative estimate of drug-likeness (QED) is 0.751. The van der Waals surface area contributed by atoms with E-state index in [1.165, 1.54) is 5.39 Å². The van der Waals surface area contributed by atoms with Crippen molar-refractivity contribution in [1.29, 1.82) is 0 Å². The first-order valence-electron chi connectivity index (χ1n) is 6.59. The van der Waals surface area contributed by atoms with E-state index in [1.807, 2.05) is 35.9 Å². The molecule has 1 amide bonds. The van der Waals surface area contributed by atoms with Crippen LogP contribution in [0.3, 0.4) is 0 Å². The van der Waals surface area contributed by atoms with Crippen molar-refractivity contribution >= 4 is 34.1 Å². The fourth-order valence-corrected chi connectivity index (χ4v) is 2.48. The summed E-state index contributed by atoms with van der Waals surface area (Å²) in [4.78, 5) is 16.1. The number of benzene rings is 1. The van der Waals surface area contributed by atoms with E-state index in [4.69, 9.17) is 11.6 Å². The molecular formula is C16H14ClN3O. The molecule has 0 spiro atoms. The maximum Gasteiger partial charge on any atom is 0.244 e. The number of aryl methyl sites for hydroxylation is 1. The fourth-order valence-electron chi connectivity index (χ4n) is 2.37. The lowest BCUT2D eigenvalue weighted by Gasteiger charge is -2.07. The van der Waals surface area contributed by atoms with Gasteiger partial charge in [-0.2, -0.15) is 0 Å². The summed E-state index contributed by atoms with van der Waals surface area (Å²) in [6, 6.07) is 11.4. The van der Waals surface area contributed by atoms with Crippen LogP contribution >= 0.6 is 11.6 Å². The van der Waals surface area contributed by atoms with Gasteiger partial charge in [0.25, 0.3) is 0 Å². The summed E-state index contributed by atoms with van der Waals surface area (Å²) in [5.74, 6) is -0.0973. The molecule has 0 aliphatic carbocycles. The lowest BCUT2D eigenvalue weighted by molar-refractivity contribution is -0.116. The topological polar surface area (TPSA) is 46.9 Å². The number of halogens is 1. The van der Waals surface area contributed by atoms with Gasteiger partial charge in [0.05, 0.1) is 11.9 Å². The van der Waals surface area contributed by atoms with Crippen molar-refractivity contribution < 1.29 is 4.79 Å². The minimum atomic E-state index is -0.0973. The first kappa shape index (κ1) is 13.6. The van der Waals surface area contributed by atoms with Gasteiger partial charge in [-0.05, 0) is 30.7 Å². The Balaban J connectivity index is 1.79. The Labute approximate surface area is 127 Å². The van der Waals surface area contributed by atoms with Crippen molar-refractivity contribution in [2.75, 3.05) is 5.32 Å². The summed E-state index contributed by atoms with van der Waals surface area (Å²) in [5.41, 5.74) is 2.85. The Bertz CT molecular complexity index is 793. The molecule has 2 heterocycles. The Kier molecular flexibility index (Phi) is 3.62. The molecule has 0 saturated carbocycles. The van der Waals surface area contributed by atoms with Crippen molar-refractivity contribution in [1.82, 2.24) is 9.55 Å². The van der Waals surface area contributed by atoms with Gasteiger partial charge in [0, 0.05) is 17.1 Å². The summed E-state index contributed by atoms with van der Waals surface area (Å²) in [6.07, 6.45) is 3.53. The van der Waals surface area contributed by atoms with Gasteiger partial charge in [0.2, 0.25) is 5.91 Å². The number of fused-ring (bicyclic) bond motifs is 1. The first-order valence-corrected chi connectivity index (χ1v) is 6.97. The third-order valence-electron chi connectivity index (χ3n) is 3.31. The molecule has 0 aliphatic heterocycles. The molecule has 0 atom stereocenters. The predicted molar refractivity (Wildman–Crippen MR) is 84.6 cm³/mol. The van der Waals surface area contributed by atoms with Gasteiger partial charge in [-0.1, -0.05) is 29.8 Å². The maximum atomic E-state index is 12.1. The molecular weight excluding hydrogens is 286 g/mol. The van der Waals surface area contributed by atoms with Crippen LogP contribution in [0.2, 0.25) is 5.15 Å². The highest BCUT2D eigenvalue weighted by Crippen LogP contribution is 2.20. The number of pyridine rings is 1. The molecule has 0 bridgehead atoms. The van der Waals surface area contributed by atoms with Gasteiger partial charge in [-0.25, -0.2) is 4.98 Å². The van der Waals surface area contributed by atoms with Crippen molar-refractivity contribution in [3.05, 3.63) is 59.5 Å². The zero-order valence-electron chi connectivity index (χ0n) is 11.5. The van der Waals surface area contributed by atoms with Crippen LogP contribution < -0.4 is 5.32 Å². The van der Waals surface area contributed by atoms with E-state index in [0.29, 0.717) is 10.8 Å². The lowest BCUT2D eigenvalue weighted by atomic mass is 10.2. The van der Waals surface area contributed by atoms with Crippen molar-refractivity contribution in [2.24, 2.45) is 0 Å². The molecule has 0 aliphatic rings. The number of nitrogens with zero attached hydrogens (tertiary/aromatic N) is 2. The molecule has 0 saturated heterocycles. The van der Waals surface area contributed by atoms with E-state index < -0.39 is 0 Å². The standard InChI is InChI=1S/C16H14ClN3O/c1-11-9-20(14-5-3-2-4-13(11)14)10-16(21)19-12-6-7-15(17)18-8-12/h2-9H,10H2,1H3,(H,19,21). The zero-order chi connectivity index (χ0) is 14.8. The second-order valence-electron chi connectivity index (χ2n) is 4.87. The highest BCUT2D eigenvalue weighted by atomic mass is 35.5. The Morgan fingerprint density at radius 2 is 2.10 bits per heavy atom. The zero-order valence-corrected chi connectivity index (χ0v) is 12.3. The van der Waals surface area contributed by atoms with E-state index in [-0.39, 0.29) is 12.5 Å². The fraction of sp³-hybridized carbons (Fsp3) is 0.125. The maximum absolute atomic E-state index is 12.1. The summed E-state index contributed by atoms with van der Waals surface area (Å²) < 4.78 is 1.95. The normalized spacial score (nSPS) is 10.8. The average Bonchev–Trinajstić information content (AvgIpc) is 2.78. The summed E-state index contributed by atoms with van der Waals surface area (Å²) in [7, 11) is 0. The highest BCUT2D eigenvalue weighted by molar-refractivity contribution is 6.29. The molecule has 21 heavy (non-hydrogen) atoms. The Morgan fingerprint density at radius 1 is 1.29 bits per heavy atom. The van der Waals surface area contributed by atoms with Crippen LogP contribution in [0, 0.1) is 6.92 Å². The number of rotatable bonds is 3. The van der Waals surface area contributed by atoms with Crippen molar-refractivity contribution in [3.8, 4) is 0 Å². The van der Waals surface area contributed by atoms with Crippen molar-refractivity contribution in [3.63, 3.8) is 0 Å². The number of hydrogen-bond acceptors (Lipinski definition) is 2. The number of para-hydroxylation sites is 1. The van der Waals surface area contributed by atoms with Crippen LogP contribution in [-0.2, 0) is 11.3 Å². The first-order chi connectivity index (χ1) is 10.1. The number of nitrogens with one attached hydrogen (secondary N) is 1. The minimum absolute atomic E-state index is 0.0973. The van der Waals surface area contributed by atoms with E-state index in [0.717, 1.165) is 11.1 Å². The van der Waals surface area contributed by atoms with Crippen LogP contribution in [0.25, 0.3) is 10.9 Å². The highest BCUT2D eigenvalue weighted by Gasteiger charge is 2.09. The largest absolute Gasteiger partial charge is 0.338 e. The van der Waals surface area contributed by atoms with Crippen LogP contribution in [0.5, 0.6) is 0 Å². The SMILES string of the molecule is Cc1cn(CC(=O)Nc2ccc(Cl)nc2)c2ccccc12. The number of carbonyl (C=O) groups excluding carboxylic acids is 1. The minimum Gasteiger partial charge on any atom is -0.338 e. The molecule has 0 unspecified atom stereocenters. The predicted octanol–water partition coefficient (Wildman–Crippen LogP) is 3.64. The number of anilines is 1. The second kappa shape index (κ2) is 5.58. The monoisotopic (exact) mass is 299 g/mol. The molecule has 5 heteroatoms. The third kappa shape index (κ3) is 2.90. The van der Waals surface area contributed by atoms with Crippen LogP contribution in [-0.4, -0.2) is 15.5 Å². The van der Waals surface area contributed by atoms with Crippen LogP contribution in [0.1, 0.15) is 5.56 Å². The number of amides is 1. The van der Waals surface area contributed by atoms with E-state index in [1.54, 1.807) is 18.3 Å². The number of carbonyl (C=O) groups is 1. The van der Waals surface area contributed by atoms with Gasteiger partial charge < -0.3 is 9.88 Å². The van der Waals surface area contributed by atoms with E-state index in [2.05, 4.69) is 16.4 Å². The Morgan fingerprint density at radius 3 is 2.86 bits per heavy atom. The summed E-state index contributed by atoms with van der Waals surface area (Å²) >= 11 is 5.72. The van der Waals surface area contributed by atoms with Crippen LogP contribution in [0.15, 0.2) is 48.8 Å². The smallest absolute Gasteiger partial charge is 0.244 e. The Hall–Kier alpha value is -2.33. The molecule has 3 aromatic rings. The summed E-state index contributed by atoms with van der Waals surface area (Å²) in [6.45, 7) is 2.30. The van der Waals surface area contributed by atoms with Crippen molar-refractivity contribution in [2.45, 2.75) is 13.5 Å². The molecule has 0 radical (unpaired) electrons. The molecule has 4 nitrogen and oxygen atoms in total. The lowest BCUT2D eigenvalue weighted by Crippen LogP contribution is -2.18.